The second-order valence-corrected chi connectivity index (χ2v) is 5.92. The lowest BCUT2D eigenvalue weighted by atomic mass is 9.98. The van der Waals surface area contributed by atoms with Gasteiger partial charge in [-0.05, 0) is 36.7 Å². The van der Waals surface area contributed by atoms with Crippen LogP contribution in [-0.4, -0.2) is 19.0 Å². The maximum Gasteiger partial charge on any atom is 0.353 e. The van der Waals surface area contributed by atoms with E-state index >= 15 is 0 Å². The molecule has 0 bridgehead atoms. The number of hydrogen-bond donors (Lipinski definition) is 1. The molecule has 1 atom stereocenters. The third-order valence-electron chi connectivity index (χ3n) is 4.39. The maximum atomic E-state index is 14.6. The van der Waals surface area contributed by atoms with Crippen molar-refractivity contribution in [2.45, 2.75) is 18.3 Å². The zero-order valence-corrected chi connectivity index (χ0v) is 13.2. The van der Waals surface area contributed by atoms with Crippen LogP contribution in [0.4, 0.5) is 23.2 Å². The van der Waals surface area contributed by atoms with Gasteiger partial charge < -0.3 is 10.6 Å². The highest BCUT2D eigenvalue weighted by molar-refractivity contribution is 6.01. The highest BCUT2D eigenvalue weighted by Crippen LogP contribution is 2.42. The Labute approximate surface area is 142 Å². The number of anilines is 1. The molecule has 3 rings (SSSR count). The maximum absolute atomic E-state index is 14.6. The fourth-order valence-corrected chi connectivity index (χ4v) is 3.17. The highest BCUT2D eigenvalue weighted by Gasteiger charge is 2.49. The molecule has 2 aromatic carbocycles. The molecule has 1 aliphatic heterocycles. The van der Waals surface area contributed by atoms with Crippen LogP contribution in [0.25, 0.3) is 0 Å². The molecule has 1 aliphatic rings. The van der Waals surface area contributed by atoms with Crippen molar-refractivity contribution in [2.24, 2.45) is 5.73 Å². The molecule has 0 saturated heterocycles. The fourth-order valence-electron chi connectivity index (χ4n) is 3.17. The zero-order chi connectivity index (χ0) is 18.2. The number of carbonyl (C=O) groups excluding carboxylic acids is 1. The SMILES string of the molecule is NCCC1CN(C(=O)C(F)(F)c2cccc(F)c2F)c2ccccc21. The molecular weight excluding hydrogens is 336 g/mol. The lowest BCUT2D eigenvalue weighted by Crippen LogP contribution is -2.42. The number of amides is 1. The van der Waals surface area contributed by atoms with Crippen molar-refractivity contribution in [1.29, 1.82) is 0 Å². The second-order valence-electron chi connectivity index (χ2n) is 5.92. The Morgan fingerprint density at radius 2 is 1.88 bits per heavy atom. The molecular formula is C18H16F4N2O. The molecule has 0 aliphatic carbocycles. The summed E-state index contributed by atoms with van der Waals surface area (Å²) in [6, 6.07) is 9.08. The molecule has 25 heavy (non-hydrogen) atoms. The van der Waals surface area contributed by atoms with Crippen LogP contribution in [0.5, 0.6) is 0 Å². The van der Waals surface area contributed by atoms with E-state index in [1.165, 1.54) is 0 Å². The number of alkyl halides is 2. The van der Waals surface area contributed by atoms with Crippen molar-refractivity contribution in [3.63, 3.8) is 0 Å². The van der Waals surface area contributed by atoms with Crippen molar-refractivity contribution in [2.75, 3.05) is 18.0 Å². The Bertz CT molecular complexity index is 809. The summed E-state index contributed by atoms with van der Waals surface area (Å²) >= 11 is 0. The van der Waals surface area contributed by atoms with Crippen LogP contribution in [0.2, 0.25) is 0 Å². The minimum atomic E-state index is -4.18. The van der Waals surface area contributed by atoms with Gasteiger partial charge in [-0.25, -0.2) is 8.78 Å². The number of nitrogens with two attached hydrogens (primary N) is 1. The van der Waals surface area contributed by atoms with E-state index in [0.717, 1.165) is 28.7 Å². The Kier molecular flexibility index (Phi) is 4.51. The second kappa shape index (κ2) is 6.48. The van der Waals surface area contributed by atoms with Crippen LogP contribution in [0.1, 0.15) is 23.5 Å². The van der Waals surface area contributed by atoms with Crippen LogP contribution in [0.15, 0.2) is 42.5 Å². The van der Waals surface area contributed by atoms with Gasteiger partial charge in [0.05, 0.1) is 5.56 Å². The summed E-state index contributed by atoms with van der Waals surface area (Å²) in [7, 11) is 0. The van der Waals surface area contributed by atoms with Crippen LogP contribution in [0.3, 0.4) is 0 Å². The van der Waals surface area contributed by atoms with Crippen molar-refractivity contribution < 1.29 is 22.4 Å². The molecule has 0 fully saturated rings. The third kappa shape index (κ3) is 2.89. The Hall–Kier alpha value is -2.41. The van der Waals surface area contributed by atoms with Crippen LogP contribution >= 0.6 is 0 Å². The third-order valence-corrected chi connectivity index (χ3v) is 4.39. The summed E-state index contributed by atoms with van der Waals surface area (Å²) in [6.45, 7) is 0.373. The minimum absolute atomic E-state index is 0.0297. The number of para-hydroxylation sites is 1. The molecule has 2 N–H and O–H groups in total. The van der Waals surface area contributed by atoms with Gasteiger partial charge in [-0.15, -0.1) is 0 Å². The smallest absolute Gasteiger partial charge is 0.330 e. The monoisotopic (exact) mass is 352 g/mol. The lowest BCUT2D eigenvalue weighted by molar-refractivity contribution is -0.144. The van der Waals surface area contributed by atoms with Crippen molar-refractivity contribution >= 4 is 11.6 Å². The Morgan fingerprint density at radius 3 is 2.60 bits per heavy atom. The molecule has 0 aromatic heterocycles. The largest absolute Gasteiger partial charge is 0.353 e. The Morgan fingerprint density at radius 1 is 1.16 bits per heavy atom. The van der Waals surface area contributed by atoms with Gasteiger partial charge in [-0.1, -0.05) is 24.3 Å². The number of rotatable bonds is 4. The Balaban J connectivity index is 1.99. The summed E-state index contributed by atoms with van der Waals surface area (Å²) in [5.41, 5.74) is 5.39. The van der Waals surface area contributed by atoms with E-state index in [2.05, 4.69) is 0 Å². The molecule has 0 saturated carbocycles. The molecule has 1 unspecified atom stereocenters. The summed E-state index contributed by atoms with van der Waals surface area (Å²) < 4.78 is 56.4. The molecule has 0 radical (unpaired) electrons. The standard InChI is InChI=1S/C18H16F4N2O/c19-14-6-3-5-13(16(14)20)18(21,22)17(25)24-10-11(8-9-23)12-4-1-2-7-15(12)24/h1-7,11H,8-10,23H2. The molecule has 3 nitrogen and oxygen atoms in total. The quantitative estimate of drug-likeness (QED) is 0.856. The van der Waals surface area contributed by atoms with Gasteiger partial charge in [0.15, 0.2) is 11.6 Å². The molecule has 1 amide bonds. The van der Waals surface area contributed by atoms with Crippen molar-refractivity contribution in [1.82, 2.24) is 0 Å². The topological polar surface area (TPSA) is 46.3 Å². The number of fused-ring (bicyclic) bond motifs is 1. The predicted octanol–water partition coefficient (Wildman–Crippen LogP) is 3.54. The van der Waals surface area contributed by atoms with E-state index in [-0.39, 0.29) is 12.5 Å². The number of nitrogens with zero attached hydrogens (tertiary/aromatic N) is 1. The van der Waals surface area contributed by atoms with Crippen LogP contribution in [-0.2, 0) is 10.7 Å². The normalized spacial score (nSPS) is 16.8. The number of halogens is 4. The van der Waals surface area contributed by atoms with Crippen LogP contribution in [0, 0.1) is 11.6 Å². The summed E-state index contributed by atoms with van der Waals surface area (Å²) in [4.78, 5) is 13.4. The first-order chi connectivity index (χ1) is 11.9. The number of hydrogen-bond acceptors (Lipinski definition) is 2. The molecule has 2 aromatic rings. The van der Waals surface area contributed by atoms with Gasteiger partial charge in [0.25, 0.3) is 0 Å². The zero-order valence-electron chi connectivity index (χ0n) is 13.2. The first-order valence-corrected chi connectivity index (χ1v) is 7.81. The van der Waals surface area contributed by atoms with Gasteiger partial charge in [-0.2, -0.15) is 8.78 Å². The summed E-state index contributed by atoms with van der Waals surface area (Å²) in [6.07, 6.45) is 0.528. The first kappa shape index (κ1) is 17.4. The summed E-state index contributed by atoms with van der Waals surface area (Å²) in [5.74, 6) is -9.07. The van der Waals surface area contributed by atoms with E-state index in [1.807, 2.05) is 0 Å². The lowest BCUT2D eigenvalue weighted by Gasteiger charge is -2.24. The van der Waals surface area contributed by atoms with E-state index in [9.17, 15) is 22.4 Å². The molecule has 1 heterocycles. The van der Waals surface area contributed by atoms with E-state index in [1.54, 1.807) is 24.3 Å². The van der Waals surface area contributed by atoms with Gasteiger partial charge in [0, 0.05) is 18.2 Å². The average molecular weight is 352 g/mol. The predicted molar refractivity (Wildman–Crippen MR) is 85.5 cm³/mol. The summed E-state index contributed by atoms with van der Waals surface area (Å²) in [5, 5.41) is 0. The molecule has 7 heteroatoms. The minimum Gasteiger partial charge on any atom is -0.330 e. The van der Waals surface area contributed by atoms with E-state index in [0.29, 0.717) is 18.7 Å². The van der Waals surface area contributed by atoms with Gasteiger partial charge in [0.1, 0.15) is 0 Å². The van der Waals surface area contributed by atoms with E-state index in [4.69, 9.17) is 5.73 Å². The molecule has 0 spiro atoms. The van der Waals surface area contributed by atoms with Crippen molar-refractivity contribution in [3.8, 4) is 0 Å². The van der Waals surface area contributed by atoms with Gasteiger partial charge in [0.2, 0.25) is 0 Å². The molecule has 132 valence electrons. The highest BCUT2D eigenvalue weighted by atomic mass is 19.3. The van der Waals surface area contributed by atoms with Gasteiger partial charge >= 0.3 is 11.8 Å². The average Bonchev–Trinajstić information content (AvgIpc) is 2.95. The number of benzene rings is 2. The van der Waals surface area contributed by atoms with E-state index < -0.39 is 29.0 Å². The van der Waals surface area contributed by atoms with Crippen molar-refractivity contribution in [3.05, 3.63) is 65.2 Å². The fraction of sp³-hybridized carbons (Fsp3) is 0.278. The number of carbonyl (C=O) groups is 1. The van der Waals surface area contributed by atoms with Gasteiger partial charge in [-0.3, -0.25) is 4.79 Å². The first-order valence-electron chi connectivity index (χ1n) is 7.81. The van der Waals surface area contributed by atoms with Crippen LogP contribution < -0.4 is 10.6 Å².